The Hall–Kier alpha value is -0.400. The molecule has 4 nitrogen and oxygen atoms in total. The molecule has 1 aromatic heterocycles. The van der Waals surface area contributed by atoms with E-state index in [4.69, 9.17) is 4.74 Å². The van der Waals surface area contributed by atoms with Crippen LogP contribution in [0.2, 0.25) is 0 Å². The van der Waals surface area contributed by atoms with Gasteiger partial charge in [0.25, 0.3) is 0 Å². The quantitative estimate of drug-likeness (QED) is 0.456. The zero-order chi connectivity index (χ0) is 12.8. The SMILES string of the molecule is CC(CI)N1CCO[C@H](/C=C/Cn2ccnc2)C1. The van der Waals surface area contributed by atoms with Crippen molar-refractivity contribution in [1.29, 1.82) is 0 Å². The highest BCUT2D eigenvalue weighted by Crippen LogP contribution is 2.11. The van der Waals surface area contributed by atoms with Crippen molar-refractivity contribution in [1.82, 2.24) is 14.5 Å². The van der Waals surface area contributed by atoms with E-state index >= 15 is 0 Å². The second-order valence-corrected chi connectivity index (χ2v) is 5.48. The van der Waals surface area contributed by atoms with Gasteiger partial charge in [-0.1, -0.05) is 34.7 Å². The normalized spacial score (nSPS) is 23.6. The molecule has 18 heavy (non-hydrogen) atoms. The minimum Gasteiger partial charge on any atom is -0.371 e. The van der Waals surface area contributed by atoms with Crippen molar-refractivity contribution in [2.45, 2.75) is 25.6 Å². The van der Waals surface area contributed by atoms with Crippen LogP contribution in [0.25, 0.3) is 0 Å². The van der Waals surface area contributed by atoms with E-state index in [0.29, 0.717) is 6.04 Å². The van der Waals surface area contributed by atoms with E-state index in [1.54, 1.807) is 6.20 Å². The average Bonchev–Trinajstić information content (AvgIpc) is 2.91. The second kappa shape index (κ2) is 7.25. The van der Waals surface area contributed by atoms with Crippen molar-refractivity contribution in [3.05, 3.63) is 30.9 Å². The molecule has 1 aliphatic rings. The lowest BCUT2D eigenvalue weighted by molar-refractivity contribution is -0.0139. The van der Waals surface area contributed by atoms with E-state index in [1.165, 1.54) is 4.43 Å². The zero-order valence-corrected chi connectivity index (χ0v) is 12.9. The van der Waals surface area contributed by atoms with Crippen molar-refractivity contribution >= 4 is 22.6 Å². The van der Waals surface area contributed by atoms with Crippen LogP contribution in [0.15, 0.2) is 30.9 Å². The Morgan fingerprint density at radius 2 is 2.50 bits per heavy atom. The molecule has 0 aliphatic carbocycles. The lowest BCUT2D eigenvalue weighted by atomic mass is 10.2. The summed E-state index contributed by atoms with van der Waals surface area (Å²) < 4.78 is 8.98. The Morgan fingerprint density at radius 3 is 3.22 bits per heavy atom. The summed E-state index contributed by atoms with van der Waals surface area (Å²) >= 11 is 2.45. The number of rotatable bonds is 5. The maximum atomic E-state index is 5.77. The molecule has 1 aliphatic heterocycles. The number of halogens is 1. The van der Waals surface area contributed by atoms with Crippen molar-refractivity contribution in [3.63, 3.8) is 0 Å². The van der Waals surface area contributed by atoms with Gasteiger partial charge in [-0.05, 0) is 6.92 Å². The van der Waals surface area contributed by atoms with Crippen LogP contribution < -0.4 is 0 Å². The highest BCUT2D eigenvalue weighted by molar-refractivity contribution is 14.1. The van der Waals surface area contributed by atoms with Gasteiger partial charge in [-0.3, -0.25) is 4.90 Å². The summed E-state index contributed by atoms with van der Waals surface area (Å²) in [6.45, 7) is 6.04. The summed E-state index contributed by atoms with van der Waals surface area (Å²) in [6.07, 6.45) is 10.2. The van der Waals surface area contributed by atoms with E-state index in [9.17, 15) is 0 Å². The molecule has 100 valence electrons. The average molecular weight is 361 g/mol. The van der Waals surface area contributed by atoms with Crippen molar-refractivity contribution in [2.75, 3.05) is 24.1 Å². The summed E-state index contributed by atoms with van der Waals surface area (Å²) in [5.74, 6) is 0. The van der Waals surface area contributed by atoms with Gasteiger partial charge in [0.1, 0.15) is 0 Å². The first-order valence-corrected chi connectivity index (χ1v) is 7.86. The first-order valence-electron chi connectivity index (χ1n) is 6.33. The number of alkyl halides is 1. The van der Waals surface area contributed by atoms with Crippen LogP contribution in [0.3, 0.4) is 0 Å². The van der Waals surface area contributed by atoms with Crippen molar-refractivity contribution in [2.24, 2.45) is 0 Å². The molecule has 1 saturated heterocycles. The van der Waals surface area contributed by atoms with E-state index in [1.807, 2.05) is 17.1 Å². The van der Waals surface area contributed by atoms with E-state index in [0.717, 1.165) is 26.2 Å². The third-order valence-corrected chi connectivity index (χ3v) is 4.47. The molecule has 0 radical (unpaired) electrons. The van der Waals surface area contributed by atoms with E-state index in [2.05, 4.69) is 51.6 Å². The number of hydrogen-bond acceptors (Lipinski definition) is 3. The molecule has 1 fully saturated rings. The fraction of sp³-hybridized carbons (Fsp3) is 0.615. The van der Waals surface area contributed by atoms with Crippen molar-refractivity contribution < 1.29 is 4.74 Å². The van der Waals surface area contributed by atoms with Gasteiger partial charge in [-0.2, -0.15) is 0 Å². The summed E-state index contributed by atoms with van der Waals surface area (Å²) in [5.41, 5.74) is 0. The van der Waals surface area contributed by atoms with Crippen LogP contribution in [-0.2, 0) is 11.3 Å². The molecule has 2 atom stereocenters. The minimum absolute atomic E-state index is 0.229. The van der Waals surface area contributed by atoms with Crippen LogP contribution >= 0.6 is 22.6 Å². The number of aromatic nitrogens is 2. The monoisotopic (exact) mass is 361 g/mol. The van der Waals surface area contributed by atoms with Gasteiger partial charge in [0.15, 0.2) is 0 Å². The molecule has 1 aromatic rings. The zero-order valence-electron chi connectivity index (χ0n) is 10.7. The molecular formula is C13H20IN3O. The Balaban J connectivity index is 1.80. The lowest BCUT2D eigenvalue weighted by Gasteiger charge is -2.35. The van der Waals surface area contributed by atoms with Crippen LogP contribution in [-0.4, -0.2) is 50.7 Å². The van der Waals surface area contributed by atoms with Crippen molar-refractivity contribution in [3.8, 4) is 0 Å². The maximum absolute atomic E-state index is 5.77. The maximum Gasteiger partial charge on any atom is 0.0948 e. The highest BCUT2D eigenvalue weighted by Gasteiger charge is 2.21. The molecule has 0 N–H and O–H groups in total. The molecule has 0 aromatic carbocycles. The first kappa shape index (κ1) is 14.0. The van der Waals surface area contributed by atoms with Gasteiger partial charge in [-0.15, -0.1) is 0 Å². The highest BCUT2D eigenvalue weighted by atomic mass is 127. The number of imidazole rings is 1. The fourth-order valence-corrected chi connectivity index (χ4v) is 2.60. The van der Waals surface area contributed by atoms with E-state index < -0.39 is 0 Å². The van der Waals surface area contributed by atoms with E-state index in [-0.39, 0.29) is 6.10 Å². The summed E-state index contributed by atoms with van der Waals surface area (Å²) in [5, 5.41) is 0. The minimum atomic E-state index is 0.229. The number of hydrogen-bond donors (Lipinski definition) is 0. The summed E-state index contributed by atoms with van der Waals surface area (Å²) in [4.78, 5) is 6.52. The smallest absolute Gasteiger partial charge is 0.0948 e. The Bertz CT molecular complexity index is 366. The Kier molecular flexibility index (Phi) is 5.65. The largest absolute Gasteiger partial charge is 0.371 e. The predicted molar refractivity (Wildman–Crippen MR) is 81.0 cm³/mol. The van der Waals surface area contributed by atoms with Gasteiger partial charge in [0, 0.05) is 42.5 Å². The van der Waals surface area contributed by atoms with Gasteiger partial charge in [0.2, 0.25) is 0 Å². The Labute approximate surface area is 122 Å². The van der Waals surface area contributed by atoms with Gasteiger partial charge >= 0.3 is 0 Å². The molecular weight excluding hydrogens is 341 g/mol. The van der Waals surface area contributed by atoms with Gasteiger partial charge in [0.05, 0.1) is 19.0 Å². The fourth-order valence-electron chi connectivity index (χ4n) is 2.04. The van der Waals surface area contributed by atoms with Crippen LogP contribution in [0.1, 0.15) is 6.92 Å². The van der Waals surface area contributed by atoms with Crippen LogP contribution in [0.4, 0.5) is 0 Å². The third kappa shape index (κ3) is 4.07. The number of nitrogens with zero attached hydrogens (tertiary/aromatic N) is 3. The predicted octanol–water partition coefficient (Wildman–Crippen LogP) is 1.96. The molecule has 1 unspecified atom stereocenters. The molecule has 0 saturated carbocycles. The number of allylic oxidation sites excluding steroid dienone is 1. The molecule has 0 amide bonds. The number of morpholine rings is 1. The second-order valence-electron chi connectivity index (χ2n) is 4.60. The molecule has 5 heteroatoms. The molecule has 2 rings (SSSR count). The number of ether oxygens (including phenoxy) is 1. The topological polar surface area (TPSA) is 30.3 Å². The Morgan fingerprint density at radius 1 is 1.61 bits per heavy atom. The standard InChI is InChI=1S/C13H20IN3O/c1-12(9-14)17-7-8-18-13(10-17)3-2-5-16-6-4-15-11-16/h2-4,6,11-13H,5,7-10H2,1H3/b3-2+/t12?,13-/m1/s1. The molecule has 0 bridgehead atoms. The van der Waals surface area contributed by atoms with Gasteiger partial charge < -0.3 is 9.30 Å². The first-order chi connectivity index (χ1) is 8.79. The lowest BCUT2D eigenvalue weighted by Crippen LogP contribution is -2.46. The van der Waals surface area contributed by atoms with Crippen LogP contribution in [0.5, 0.6) is 0 Å². The van der Waals surface area contributed by atoms with Gasteiger partial charge in [-0.25, -0.2) is 4.98 Å². The third-order valence-electron chi connectivity index (χ3n) is 3.20. The van der Waals surface area contributed by atoms with Crippen LogP contribution in [0, 0.1) is 0 Å². The molecule has 0 spiro atoms. The molecule has 2 heterocycles. The summed E-state index contributed by atoms with van der Waals surface area (Å²) in [6, 6.07) is 0.638. The summed E-state index contributed by atoms with van der Waals surface area (Å²) in [7, 11) is 0.